The molecule has 0 radical (unpaired) electrons. The minimum Gasteiger partial charge on any atom is -0.497 e. The van der Waals surface area contributed by atoms with Crippen molar-refractivity contribution < 1.29 is 28.5 Å². The zero-order chi connectivity index (χ0) is 21.2. The smallest absolute Gasteiger partial charge is 0.234 e. The number of carbonyl (C=O) groups is 2. The summed E-state index contributed by atoms with van der Waals surface area (Å²) in [7, 11) is 1.59. The lowest BCUT2D eigenvalue weighted by Crippen LogP contribution is -2.41. The quantitative estimate of drug-likeness (QED) is 0.765. The molecule has 158 valence electrons. The van der Waals surface area contributed by atoms with E-state index in [-0.39, 0.29) is 18.6 Å². The molecule has 8 heteroatoms. The monoisotopic (exact) mass is 420 g/mol. The Hall–Kier alpha value is -3.52. The topological polar surface area (TPSA) is 86.3 Å². The van der Waals surface area contributed by atoms with E-state index in [0.29, 0.717) is 35.2 Å². The van der Waals surface area contributed by atoms with Crippen molar-refractivity contribution in [3.8, 4) is 17.2 Å². The molecule has 8 nitrogen and oxygen atoms in total. The third-order valence-corrected chi connectivity index (χ3v) is 6.43. The van der Waals surface area contributed by atoms with Crippen molar-refractivity contribution in [3.05, 3.63) is 54.6 Å². The van der Waals surface area contributed by atoms with E-state index < -0.39 is 23.5 Å². The molecule has 2 amide bonds. The number of carbonyl (C=O) groups excluding carboxylic acids is 2. The second kappa shape index (κ2) is 6.49. The van der Waals surface area contributed by atoms with Gasteiger partial charge in [-0.05, 0) is 36.4 Å². The number of methoxy groups -OCH3 is 1. The number of ether oxygens (including phenoxy) is 4. The van der Waals surface area contributed by atoms with E-state index in [1.165, 1.54) is 0 Å². The van der Waals surface area contributed by atoms with Crippen LogP contribution < -0.4 is 24.4 Å². The summed E-state index contributed by atoms with van der Waals surface area (Å²) in [6, 6.07) is 12.5. The van der Waals surface area contributed by atoms with Gasteiger partial charge < -0.3 is 29.2 Å². The van der Waals surface area contributed by atoms with Gasteiger partial charge in [0.2, 0.25) is 18.6 Å². The van der Waals surface area contributed by atoms with Crippen molar-refractivity contribution in [1.29, 1.82) is 0 Å². The lowest BCUT2D eigenvalue weighted by molar-refractivity contribution is -0.128. The Bertz CT molecular complexity index is 1110. The largest absolute Gasteiger partial charge is 0.497 e. The Balaban J connectivity index is 1.27. The third kappa shape index (κ3) is 2.64. The molecule has 2 fully saturated rings. The first-order valence-corrected chi connectivity index (χ1v) is 10.1. The molecule has 0 aliphatic carbocycles. The van der Waals surface area contributed by atoms with Crippen molar-refractivity contribution in [1.82, 2.24) is 0 Å². The maximum absolute atomic E-state index is 13.5. The molecule has 2 aromatic rings. The van der Waals surface area contributed by atoms with Gasteiger partial charge in [0, 0.05) is 17.4 Å². The number of fused-ring (bicyclic) bond motifs is 2. The molecule has 4 heterocycles. The maximum Gasteiger partial charge on any atom is 0.234 e. The summed E-state index contributed by atoms with van der Waals surface area (Å²) in [6.45, 7) is 0.524. The van der Waals surface area contributed by atoms with Gasteiger partial charge in [-0.25, -0.2) is 0 Å². The summed E-state index contributed by atoms with van der Waals surface area (Å²) in [4.78, 5) is 28.3. The Labute approximate surface area is 178 Å². The third-order valence-electron chi connectivity index (χ3n) is 6.43. The molecule has 0 aromatic heterocycles. The lowest BCUT2D eigenvalue weighted by Gasteiger charge is -2.23. The highest BCUT2D eigenvalue weighted by atomic mass is 16.7. The second-order valence-corrected chi connectivity index (χ2v) is 8.08. The van der Waals surface area contributed by atoms with Gasteiger partial charge in [-0.15, -0.1) is 0 Å². The Morgan fingerprint density at radius 1 is 1.16 bits per heavy atom. The van der Waals surface area contributed by atoms with E-state index in [2.05, 4.69) is 5.32 Å². The Morgan fingerprint density at radius 2 is 1.97 bits per heavy atom. The molecule has 0 saturated carbocycles. The van der Waals surface area contributed by atoms with E-state index in [9.17, 15) is 9.59 Å². The zero-order valence-corrected chi connectivity index (χ0v) is 16.7. The van der Waals surface area contributed by atoms with Crippen LogP contribution in [0.5, 0.6) is 17.2 Å². The number of amides is 2. The molecule has 2 saturated heterocycles. The minimum absolute atomic E-state index is 0.124. The molecule has 0 unspecified atom stereocenters. The fourth-order valence-electron chi connectivity index (χ4n) is 4.97. The average molecular weight is 420 g/mol. The van der Waals surface area contributed by atoms with Crippen molar-refractivity contribution in [2.24, 2.45) is 11.8 Å². The Kier molecular flexibility index (Phi) is 3.82. The van der Waals surface area contributed by atoms with E-state index in [4.69, 9.17) is 18.9 Å². The maximum atomic E-state index is 13.5. The normalized spacial score (nSPS) is 29.4. The van der Waals surface area contributed by atoms with Crippen LogP contribution in [0.15, 0.2) is 54.6 Å². The van der Waals surface area contributed by atoms with Gasteiger partial charge in [-0.3, -0.25) is 9.59 Å². The van der Waals surface area contributed by atoms with Crippen molar-refractivity contribution in [2.75, 3.05) is 30.7 Å². The van der Waals surface area contributed by atoms with Gasteiger partial charge >= 0.3 is 0 Å². The summed E-state index contributed by atoms with van der Waals surface area (Å²) in [5.41, 5.74) is 0.553. The molecule has 4 atom stereocenters. The molecule has 2 aromatic carbocycles. The molecule has 1 N–H and O–H groups in total. The number of nitrogens with zero attached hydrogens (tertiary/aromatic N) is 1. The zero-order valence-electron chi connectivity index (χ0n) is 16.7. The molecule has 31 heavy (non-hydrogen) atoms. The first-order chi connectivity index (χ1) is 15.1. The van der Waals surface area contributed by atoms with Gasteiger partial charge in [0.1, 0.15) is 11.4 Å². The predicted octanol–water partition coefficient (Wildman–Crippen LogP) is 2.35. The van der Waals surface area contributed by atoms with E-state index >= 15 is 0 Å². The summed E-state index contributed by atoms with van der Waals surface area (Å²) in [5, 5.41) is 2.92. The van der Waals surface area contributed by atoms with Crippen LogP contribution in [0.4, 0.5) is 11.4 Å². The van der Waals surface area contributed by atoms with Crippen LogP contribution in [0.3, 0.4) is 0 Å². The van der Waals surface area contributed by atoms with Crippen LogP contribution in [0, 0.1) is 11.8 Å². The standard InChI is InChI=1S/C23H20N2O6/c1-28-15-5-2-13(3-6-15)24-21(26)19-17-8-9-23(31-17)11-25(22(27)20(19)23)14-4-7-16-18(10-14)30-12-29-16/h2-10,17,19-20H,11-12H2,1H3,(H,24,26)/t17-,19+,20-,23-/m0/s1. The molecule has 6 rings (SSSR count). The lowest BCUT2D eigenvalue weighted by atomic mass is 9.77. The first kappa shape index (κ1) is 18.3. The molecule has 2 bridgehead atoms. The van der Waals surface area contributed by atoms with Crippen LogP contribution >= 0.6 is 0 Å². The van der Waals surface area contributed by atoms with Gasteiger partial charge in [0.05, 0.1) is 31.6 Å². The summed E-state index contributed by atoms with van der Waals surface area (Å²) in [5.74, 6) is 0.433. The number of hydrogen-bond donors (Lipinski definition) is 1. The fourth-order valence-corrected chi connectivity index (χ4v) is 4.97. The highest BCUT2D eigenvalue weighted by Crippen LogP contribution is 2.53. The number of hydrogen-bond acceptors (Lipinski definition) is 6. The van der Waals surface area contributed by atoms with Crippen LogP contribution in [-0.4, -0.2) is 44.0 Å². The van der Waals surface area contributed by atoms with E-state index in [0.717, 1.165) is 0 Å². The predicted molar refractivity (Wildman–Crippen MR) is 110 cm³/mol. The van der Waals surface area contributed by atoms with Gasteiger partial charge in [-0.2, -0.15) is 0 Å². The molecule has 4 aliphatic rings. The highest BCUT2D eigenvalue weighted by Gasteiger charge is 2.67. The number of benzene rings is 2. The second-order valence-electron chi connectivity index (χ2n) is 8.08. The van der Waals surface area contributed by atoms with Crippen molar-refractivity contribution in [3.63, 3.8) is 0 Å². The molecule has 1 spiro atoms. The fraction of sp³-hybridized carbons (Fsp3) is 0.304. The molecular formula is C23H20N2O6. The minimum atomic E-state index is -0.792. The summed E-state index contributed by atoms with van der Waals surface area (Å²) < 4.78 is 22.2. The van der Waals surface area contributed by atoms with E-state index in [1.807, 2.05) is 18.2 Å². The average Bonchev–Trinajstić information content (AvgIpc) is 3.54. The van der Waals surface area contributed by atoms with Crippen molar-refractivity contribution >= 4 is 23.2 Å². The molecular weight excluding hydrogens is 400 g/mol. The van der Waals surface area contributed by atoms with Crippen LogP contribution in [0.25, 0.3) is 0 Å². The van der Waals surface area contributed by atoms with Gasteiger partial charge in [0.25, 0.3) is 0 Å². The number of anilines is 2. The van der Waals surface area contributed by atoms with E-state index in [1.54, 1.807) is 48.4 Å². The van der Waals surface area contributed by atoms with Crippen LogP contribution in [0.1, 0.15) is 0 Å². The van der Waals surface area contributed by atoms with Crippen LogP contribution in [-0.2, 0) is 14.3 Å². The highest BCUT2D eigenvalue weighted by molar-refractivity contribution is 6.05. The van der Waals surface area contributed by atoms with Gasteiger partial charge in [0.15, 0.2) is 11.5 Å². The van der Waals surface area contributed by atoms with Gasteiger partial charge in [-0.1, -0.05) is 12.2 Å². The first-order valence-electron chi connectivity index (χ1n) is 10.1. The van der Waals surface area contributed by atoms with Crippen LogP contribution in [0.2, 0.25) is 0 Å². The SMILES string of the molecule is COc1ccc(NC(=O)[C@@H]2[C@@H]3C=C[C@@]4(CN(c5ccc6c(c5)OCO6)C(=O)[C@H]24)O3)cc1. The van der Waals surface area contributed by atoms with Crippen molar-refractivity contribution in [2.45, 2.75) is 11.7 Å². The summed E-state index contributed by atoms with van der Waals surface area (Å²) in [6.07, 6.45) is 3.42. The molecule has 4 aliphatic heterocycles. The Morgan fingerprint density at radius 3 is 2.77 bits per heavy atom. The number of nitrogens with one attached hydrogen (secondary N) is 1. The number of rotatable bonds is 4. The summed E-state index contributed by atoms with van der Waals surface area (Å²) >= 11 is 0.